The number of morpholine rings is 1. The molecule has 6 nitrogen and oxygen atoms in total. The van der Waals surface area contributed by atoms with Crippen LogP contribution < -0.4 is 15.8 Å². The topological polar surface area (TPSA) is 72.1 Å². The zero-order valence-electron chi connectivity index (χ0n) is 13.9. The van der Waals surface area contributed by atoms with Crippen molar-refractivity contribution in [2.24, 2.45) is 10.7 Å². The number of nitrogens with two attached hydrogens (primary N) is 1. The van der Waals surface area contributed by atoms with Crippen LogP contribution in [0.3, 0.4) is 0 Å². The molecule has 25 heavy (non-hydrogen) atoms. The van der Waals surface area contributed by atoms with Gasteiger partial charge in [-0.1, -0.05) is 12.1 Å². The number of hydrogen-bond donors (Lipinski definition) is 2. The fourth-order valence-electron chi connectivity index (χ4n) is 2.37. The highest BCUT2D eigenvalue weighted by molar-refractivity contribution is 5.77. The predicted molar refractivity (Wildman–Crippen MR) is 88.3 cm³/mol. The van der Waals surface area contributed by atoms with Crippen molar-refractivity contribution in [1.82, 2.24) is 10.2 Å². The summed E-state index contributed by atoms with van der Waals surface area (Å²) >= 11 is 0. The van der Waals surface area contributed by atoms with Gasteiger partial charge < -0.3 is 20.5 Å². The number of ether oxygens (including phenoxy) is 2. The van der Waals surface area contributed by atoms with Crippen LogP contribution >= 0.6 is 0 Å². The first-order valence-corrected chi connectivity index (χ1v) is 8.11. The molecular weight excluding hydrogens is 337 g/mol. The summed E-state index contributed by atoms with van der Waals surface area (Å²) in [7, 11) is 0. The number of nitrogens with zero attached hydrogens (tertiary/aromatic N) is 2. The maximum atomic E-state index is 12.1. The van der Waals surface area contributed by atoms with Crippen molar-refractivity contribution in [3.63, 3.8) is 0 Å². The molecule has 1 aliphatic rings. The number of rotatable bonds is 7. The van der Waals surface area contributed by atoms with E-state index in [2.05, 4.69) is 19.9 Å². The van der Waals surface area contributed by atoms with E-state index >= 15 is 0 Å². The Hall–Kier alpha value is -2.00. The van der Waals surface area contributed by atoms with E-state index in [-0.39, 0.29) is 12.3 Å². The number of guanidine groups is 1. The average Bonchev–Trinajstić information content (AvgIpc) is 2.58. The molecule has 0 saturated carbocycles. The third-order valence-corrected chi connectivity index (χ3v) is 3.65. The molecule has 0 aliphatic carbocycles. The second kappa shape index (κ2) is 9.47. The molecule has 1 aromatic carbocycles. The van der Waals surface area contributed by atoms with Gasteiger partial charge in [0.2, 0.25) is 0 Å². The zero-order chi connectivity index (χ0) is 18.1. The van der Waals surface area contributed by atoms with Crippen molar-refractivity contribution in [2.45, 2.75) is 19.3 Å². The summed E-state index contributed by atoms with van der Waals surface area (Å²) in [6.45, 7) is 5.45. The SMILES string of the molecule is NC(=NCc1ccc(OC(F)(F)F)cc1)NCCCN1CCOCC1. The molecule has 0 aromatic heterocycles. The van der Waals surface area contributed by atoms with Crippen molar-refractivity contribution in [3.05, 3.63) is 29.8 Å². The highest BCUT2D eigenvalue weighted by Crippen LogP contribution is 2.22. The van der Waals surface area contributed by atoms with Gasteiger partial charge >= 0.3 is 6.36 Å². The van der Waals surface area contributed by atoms with Gasteiger partial charge in [0.1, 0.15) is 5.75 Å². The Labute approximate surface area is 144 Å². The van der Waals surface area contributed by atoms with Crippen molar-refractivity contribution >= 4 is 5.96 Å². The second-order valence-electron chi connectivity index (χ2n) is 5.63. The smallest absolute Gasteiger partial charge is 0.406 e. The zero-order valence-corrected chi connectivity index (χ0v) is 13.9. The molecule has 1 saturated heterocycles. The van der Waals surface area contributed by atoms with Crippen molar-refractivity contribution in [1.29, 1.82) is 0 Å². The number of halogens is 3. The number of nitrogens with one attached hydrogen (secondary N) is 1. The summed E-state index contributed by atoms with van der Waals surface area (Å²) in [5, 5.41) is 3.03. The summed E-state index contributed by atoms with van der Waals surface area (Å²) in [6, 6.07) is 5.56. The van der Waals surface area contributed by atoms with Crippen LogP contribution in [-0.2, 0) is 11.3 Å². The Morgan fingerprint density at radius 3 is 2.56 bits per heavy atom. The minimum atomic E-state index is -4.69. The second-order valence-corrected chi connectivity index (χ2v) is 5.63. The van der Waals surface area contributed by atoms with Crippen LogP contribution in [0.4, 0.5) is 13.2 Å². The Morgan fingerprint density at radius 1 is 1.24 bits per heavy atom. The lowest BCUT2D eigenvalue weighted by molar-refractivity contribution is -0.274. The van der Waals surface area contributed by atoms with Gasteiger partial charge in [0.05, 0.1) is 19.8 Å². The Balaban J connectivity index is 1.66. The molecule has 0 atom stereocenters. The van der Waals surface area contributed by atoms with Crippen molar-refractivity contribution in [2.75, 3.05) is 39.4 Å². The number of alkyl halides is 3. The van der Waals surface area contributed by atoms with E-state index in [9.17, 15) is 13.2 Å². The summed E-state index contributed by atoms with van der Waals surface area (Å²) in [5.41, 5.74) is 6.53. The molecule has 1 aliphatic heterocycles. The molecule has 0 amide bonds. The molecule has 0 unspecified atom stereocenters. The lowest BCUT2D eigenvalue weighted by atomic mass is 10.2. The van der Waals surface area contributed by atoms with E-state index in [4.69, 9.17) is 10.5 Å². The van der Waals surface area contributed by atoms with Crippen LogP contribution in [0.5, 0.6) is 5.75 Å². The fourth-order valence-corrected chi connectivity index (χ4v) is 2.37. The highest BCUT2D eigenvalue weighted by Gasteiger charge is 2.30. The predicted octanol–water partition coefficient (Wildman–Crippen LogP) is 1.71. The minimum absolute atomic E-state index is 0.255. The van der Waals surface area contributed by atoms with Crippen molar-refractivity contribution in [3.8, 4) is 5.75 Å². The molecule has 0 bridgehead atoms. The average molecular weight is 360 g/mol. The molecule has 9 heteroatoms. The quantitative estimate of drug-likeness (QED) is 0.440. The van der Waals surface area contributed by atoms with Gasteiger partial charge in [-0.2, -0.15) is 0 Å². The maximum absolute atomic E-state index is 12.1. The van der Waals surface area contributed by atoms with Gasteiger partial charge in [-0.05, 0) is 30.7 Å². The molecule has 140 valence electrons. The molecule has 0 spiro atoms. The molecule has 0 radical (unpaired) electrons. The lowest BCUT2D eigenvalue weighted by Gasteiger charge is -2.26. The largest absolute Gasteiger partial charge is 0.573 e. The van der Waals surface area contributed by atoms with E-state index in [0.29, 0.717) is 12.5 Å². The number of aliphatic imine (C=N–C) groups is 1. The summed E-state index contributed by atoms with van der Waals surface area (Å²) in [5.74, 6) is 0.0621. The van der Waals surface area contributed by atoms with Crippen LogP contribution in [-0.4, -0.2) is 56.6 Å². The third kappa shape index (κ3) is 8.08. The number of hydrogen-bond acceptors (Lipinski definition) is 4. The standard InChI is InChI=1S/C16H23F3N4O2/c17-16(18,19)25-14-4-2-13(3-5-14)12-22-15(20)21-6-1-7-23-8-10-24-11-9-23/h2-5H,1,6-12H2,(H3,20,21,22). The van der Waals surface area contributed by atoms with E-state index in [1.165, 1.54) is 24.3 Å². The van der Waals surface area contributed by atoms with Gasteiger partial charge in [-0.25, -0.2) is 4.99 Å². The molecule has 1 fully saturated rings. The van der Waals surface area contributed by atoms with Gasteiger partial charge in [0, 0.05) is 19.6 Å². The highest BCUT2D eigenvalue weighted by atomic mass is 19.4. The van der Waals surface area contributed by atoms with Crippen LogP contribution in [0.2, 0.25) is 0 Å². The Morgan fingerprint density at radius 2 is 1.92 bits per heavy atom. The summed E-state index contributed by atoms with van der Waals surface area (Å²) in [6.07, 6.45) is -3.74. The minimum Gasteiger partial charge on any atom is -0.406 e. The van der Waals surface area contributed by atoms with Crippen molar-refractivity contribution < 1.29 is 22.6 Å². The maximum Gasteiger partial charge on any atom is 0.573 e. The first-order valence-electron chi connectivity index (χ1n) is 8.11. The van der Waals surface area contributed by atoms with Gasteiger partial charge in [-0.15, -0.1) is 13.2 Å². The summed E-state index contributed by atoms with van der Waals surface area (Å²) < 4.78 is 45.4. The van der Waals surface area contributed by atoms with Crippen LogP contribution in [0.1, 0.15) is 12.0 Å². The van der Waals surface area contributed by atoms with Gasteiger partial charge in [0.25, 0.3) is 0 Å². The first kappa shape index (κ1) is 19.3. The van der Waals surface area contributed by atoms with Crippen LogP contribution in [0.25, 0.3) is 0 Å². The summed E-state index contributed by atoms with van der Waals surface area (Å²) in [4.78, 5) is 6.51. The Bertz CT molecular complexity index is 543. The first-order chi connectivity index (χ1) is 11.9. The fraction of sp³-hybridized carbons (Fsp3) is 0.562. The Kier molecular flexibility index (Phi) is 7.32. The third-order valence-electron chi connectivity index (χ3n) is 3.65. The van der Waals surface area contributed by atoms with Crippen LogP contribution in [0, 0.1) is 0 Å². The normalized spacial score (nSPS) is 16.7. The van der Waals surface area contributed by atoms with E-state index < -0.39 is 6.36 Å². The van der Waals surface area contributed by atoms with Gasteiger partial charge in [-0.3, -0.25) is 4.90 Å². The van der Waals surface area contributed by atoms with E-state index in [0.717, 1.165) is 44.8 Å². The molecule has 1 heterocycles. The lowest BCUT2D eigenvalue weighted by Crippen LogP contribution is -2.39. The van der Waals surface area contributed by atoms with Gasteiger partial charge in [0.15, 0.2) is 5.96 Å². The van der Waals surface area contributed by atoms with E-state index in [1.54, 1.807) is 0 Å². The molecular formula is C16H23F3N4O2. The molecule has 2 rings (SSSR count). The molecule has 1 aromatic rings. The van der Waals surface area contributed by atoms with E-state index in [1.807, 2.05) is 0 Å². The molecule has 3 N–H and O–H groups in total. The monoisotopic (exact) mass is 360 g/mol. The number of benzene rings is 1. The van der Waals surface area contributed by atoms with Crippen LogP contribution in [0.15, 0.2) is 29.3 Å².